The molecule has 64 heavy (non-hydrogen) atoms. The Balaban J connectivity index is 0.754. The standard InChI is InChI=1S/C54H40N2O8/c55-49-13-1-3-15-51(49)63-47-11-7-9-45(35-47)59-41-23-19-37(20-24-41)57-39-27-31-43(32-28-39)61-53-17-5-6-18-54(53)62-44-33-29-40(30-34-44)58-38-21-25-42(26-22-38)60-46-10-8-12-48(36-46)64-52-16-4-2-14-50(52)56/h1-36H,55-56H2. The average molecular weight is 845 g/mol. The first-order valence-electron chi connectivity index (χ1n) is 20.3. The summed E-state index contributed by atoms with van der Waals surface area (Å²) in [5, 5.41) is 0. The predicted molar refractivity (Wildman–Crippen MR) is 247 cm³/mol. The van der Waals surface area contributed by atoms with Crippen LogP contribution in [0.2, 0.25) is 0 Å². The molecule has 0 saturated heterocycles. The van der Waals surface area contributed by atoms with Crippen molar-refractivity contribution in [2.75, 3.05) is 11.5 Å². The van der Waals surface area contributed by atoms with Crippen molar-refractivity contribution >= 4 is 11.4 Å². The van der Waals surface area contributed by atoms with Gasteiger partial charge in [-0.2, -0.15) is 0 Å². The molecule has 0 unspecified atom stereocenters. The molecule has 4 N–H and O–H groups in total. The summed E-state index contributed by atoms with van der Waals surface area (Å²) in [6.45, 7) is 0. The summed E-state index contributed by atoms with van der Waals surface area (Å²) < 4.78 is 48.7. The fraction of sp³-hybridized carbons (Fsp3) is 0. The molecule has 0 fully saturated rings. The Kier molecular flexibility index (Phi) is 12.1. The van der Waals surface area contributed by atoms with Gasteiger partial charge in [0.25, 0.3) is 0 Å². The lowest BCUT2D eigenvalue weighted by molar-refractivity contribution is 0.416. The highest BCUT2D eigenvalue weighted by Crippen LogP contribution is 2.38. The number of benzene rings is 9. The van der Waals surface area contributed by atoms with E-state index in [9.17, 15) is 0 Å². The first-order valence-corrected chi connectivity index (χ1v) is 20.3. The van der Waals surface area contributed by atoms with Crippen molar-refractivity contribution in [1.82, 2.24) is 0 Å². The quantitative estimate of drug-likeness (QED) is 0.0908. The fourth-order valence-electron chi connectivity index (χ4n) is 6.32. The van der Waals surface area contributed by atoms with E-state index in [1.54, 1.807) is 24.3 Å². The third kappa shape index (κ3) is 10.6. The lowest BCUT2D eigenvalue weighted by atomic mass is 10.2. The molecular formula is C54H40N2O8. The Labute approximate surface area is 369 Å². The van der Waals surface area contributed by atoms with Gasteiger partial charge in [0.1, 0.15) is 80.5 Å². The van der Waals surface area contributed by atoms with E-state index in [0.717, 1.165) is 0 Å². The number of hydrogen-bond acceptors (Lipinski definition) is 10. The van der Waals surface area contributed by atoms with Crippen LogP contribution in [-0.2, 0) is 0 Å². The highest BCUT2D eigenvalue weighted by molar-refractivity contribution is 5.55. The van der Waals surface area contributed by atoms with Crippen molar-refractivity contribution in [3.8, 4) is 92.0 Å². The van der Waals surface area contributed by atoms with E-state index in [4.69, 9.17) is 49.4 Å². The summed E-state index contributed by atoms with van der Waals surface area (Å²) in [6.07, 6.45) is 0. The molecule has 0 atom stereocenters. The van der Waals surface area contributed by atoms with E-state index in [0.29, 0.717) is 103 Å². The smallest absolute Gasteiger partial charge is 0.169 e. The average Bonchev–Trinajstić information content (AvgIpc) is 3.31. The van der Waals surface area contributed by atoms with Crippen LogP contribution in [0.15, 0.2) is 218 Å². The number of para-hydroxylation sites is 6. The Hall–Kier alpha value is -9.02. The number of rotatable bonds is 16. The van der Waals surface area contributed by atoms with E-state index in [2.05, 4.69) is 0 Å². The van der Waals surface area contributed by atoms with Crippen LogP contribution >= 0.6 is 0 Å². The topological polar surface area (TPSA) is 126 Å². The molecule has 9 aromatic carbocycles. The highest BCUT2D eigenvalue weighted by Gasteiger charge is 2.11. The summed E-state index contributed by atoms with van der Waals surface area (Å²) >= 11 is 0. The van der Waals surface area contributed by atoms with Gasteiger partial charge in [-0.05, 0) is 158 Å². The first kappa shape index (κ1) is 40.4. The van der Waals surface area contributed by atoms with Crippen molar-refractivity contribution in [1.29, 1.82) is 0 Å². The van der Waals surface area contributed by atoms with Gasteiger partial charge in [-0.15, -0.1) is 0 Å². The monoisotopic (exact) mass is 844 g/mol. The van der Waals surface area contributed by atoms with E-state index in [1.165, 1.54) is 0 Å². The molecular weight excluding hydrogens is 805 g/mol. The van der Waals surface area contributed by atoms with Crippen molar-refractivity contribution in [2.45, 2.75) is 0 Å². The Morgan fingerprint density at radius 2 is 0.406 bits per heavy atom. The second-order valence-electron chi connectivity index (χ2n) is 14.2. The van der Waals surface area contributed by atoms with E-state index >= 15 is 0 Å². The summed E-state index contributed by atoms with van der Waals surface area (Å²) in [5.41, 5.74) is 13.2. The first-order chi connectivity index (χ1) is 31.4. The lowest BCUT2D eigenvalue weighted by Crippen LogP contribution is -1.92. The van der Waals surface area contributed by atoms with Gasteiger partial charge in [-0.3, -0.25) is 0 Å². The maximum Gasteiger partial charge on any atom is 0.169 e. The van der Waals surface area contributed by atoms with Crippen molar-refractivity contribution in [3.05, 3.63) is 218 Å². The molecule has 0 saturated carbocycles. The number of nitrogen functional groups attached to an aromatic ring is 2. The Morgan fingerprint density at radius 1 is 0.188 bits per heavy atom. The number of anilines is 2. The third-order valence-corrected chi connectivity index (χ3v) is 9.45. The van der Waals surface area contributed by atoms with Crippen molar-refractivity contribution < 1.29 is 37.9 Å². The molecule has 10 heteroatoms. The van der Waals surface area contributed by atoms with Crippen molar-refractivity contribution in [2.24, 2.45) is 0 Å². The van der Waals surface area contributed by atoms with Crippen LogP contribution < -0.4 is 49.4 Å². The maximum atomic E-state index is 6.23. The Morgan fingerprint density at radius 3 is 0.703 bits per heavy atom. The minimum absolute atomic E-state index is 0.552. The van der Waals surface area contributed by atoms with E-state index < -0.39 is 0 Å². The lowest BCUT2D eigenvalue weighted by Gasteiger charge is -2.13. The summed E-state index contributed by atoms with van der Waals surface area (Å²) in [6, 6.07) is 66.3. The van der Waals surface area contributed by atoms with E-state index in [1.807, 2.05) is 194 Å². The summed E-state index contributed by atoms with van der Waals surface area (Å²) in [5.74, 6) is 9.85. The summed E-state index contributed by atoms with van der Waals surface area (Å²) in [7, 11) is 0. The second-order valence-corrected chi connectivity index (χ2v) is 14.2. The number of ether oxygens (including phenoxy) is 8. The molecule has 0 amide bonds. The van der Waals surface area contributed by atoms with Gasteiger partial charge in [0.2, 0.25) is 0 Å². The molecule has 9 rings (SSSR count). The van der Waals surface area contributed by atoms with Crippen LogP contribution in [0.25, 0.3) is 0 Å². The zero-order valence-corrected chi connectivity index (χ0v) is 34.2. The number of nitrogens with two attached hydrogens (primary N) is 2. The molecule has 0 heterocycles. The van der Waals surface area contributed by atoms with Gasteiger partial charge in [-0.1, -0.05) is 48.5 Å². The van der Waals surface area contributed by atoms with Crippen molar-refractivity contribution in [3.63, 3.8) is 0 Å². The SMILES string of the molecule is Nc1ccccc1Oc1cccc(Oc2ccc(Oc3ccc(Oc4ccccc4Oc4ccc(Oc5ccc(Oc6cccc(Oc7ccccc7N)c6)cc5)cc4)cc3)cc2)c1. The predicted octanol–water partition coefficient (Wildman–Crippen LogP) is 15.2. The largest absolute Gasteiger partial charge is 0.457 e. The third-order valence-electron chi connectivity index (χ3n) is 9.45. The molecule has 0 spiro atoms. The van der Waals surface area contributed by atoms with Crippen LogP contribution in [-0.4, -0.2) is 0 Å². The van der Waals surface area contributed by atoms with Gasteiger partial charge in [0.05, 0.1) is 11.4 Å². The fourth-order valence-corrected chi connectivity index (χ4v) is 6.32. The molecule has 0 aliphatic carbocycles. The van der Waals surface area contributed by atoms with Gasteiger partial charge >= 0.3 is 0 Å². The normalized spacial score (nSPS) is 10.6. The summed E-state index contributed by atoms with van der Waals surface area (Å²) in [4.78, 5) is 0. The molecule has 0 aliphatic heterocycles. The molecule has 0 aromatic heterocycles. The Bertz CT molecular complexity index is 2760. The molecule has 9 aromatic rings. The number of hydrogen-bond donors (Lipinski definition) is 2. The van der Waals surface area contributed by atoms with Gasteiger partial charge < -0.3 is 49.4 Å². The minimum atomic E-state index is 0.552. The zero-order chi connectivity index (χ0) is 43.5. The molecule has 0 radical (unpaired) electrons. The van der Waals surface area contributed by atoms with Crippen LogP contribution in [0.3, 0.4) is 0 Å². The molecule has 314 valence electrons. The maximum absolute atomic E-state index is 6.23. The minimum Gasteiger partial charge on any atom is -0.457 e. The van der Waals surface area contributed by atoms with Gasteiger partial charge in [0, 0.05) is 12.1 Å². The van der Waals surface area contributed by atoms with E-state index in [-0.39, 0.29) is 0 Å². The van der Waals surface area contributed by atoms with Crippen LogP contribution in [0, 0.1) is 0 Å². The molecule has 0 aliphatic rings. The van der Waals surface area contributed by atoms with Gasteiger partial charge in [-0.25, -0.2) is 0 Å². The zero-order valence-electron chi connectivity index (χ0n) is 34.2. The van der Waals surface area contributed by atoms with Crippen LogP contribution in [0.1, 0.15) is 0 Å². The molecule has 10 nitrogen and oxygen atoms in total. The second kappa shape index (κ2) is 19.1. The van der Waals surface area contributed by atoms with Crippen LogP contribution in [0.4, 0.5) is 11.4 Å². The molecule has 0 bridgehead atoms. The highest BCUT2D eigenvalue weighted by atomic mass is 16.5. The van der Waals surface area contributed by atoms with Crippen LogP contribution in [0.5, 0.6) is 92.0 Å². The van der Waals surface area contributed by atoms with Gasteiger partial charge in [0.15, 0.2) is 11.5 Å².